The van der Waals surface area contributed by atoms with Crippen LogP contribution in [0, 0.1) is 0 Å². The minimum absolute atomic E-state index is 0.258. The highest BCUT2D eigenvalue weighted by Gasteiger charge is 2.38. The van der Waals surface area contributed by atoms with Crippen molar-refractivity contribution in [1.82, 2.24) is 10.6 Å². The normalized spacial score (nSPS) is 18.4. The first-order chi connectivity index (χ1) is 12.6. The molecule has 0 amide bonds. The first-order valence-corrected chi connectivity index (χ1v) is 9.20. The van der Waals surface area contributed by atoms with E-state index < -0.39 is 12.1 Å². The number of halogens is 5. The number of carboxylic acid groups (broad SMARTS) is 1. The molecule has 0 bridgehead atoms. The van der Waals surface area contributed by atoms with Gasteiger partial charge in [-0.2, -0.15) is 13.2 Å². The zero-order valence-electron chi connectivity index (χ0n) is 14.8. The molecule has 1 aliphatic rings. The van der Waals surface area contributed by atoms with Gasteiger partial charge in [-0.25, -0.2) is 4.79 Å². The number of hydrogen-bond acceptors (Lipinski definition) is 4. The maximum absolute atomic E-state index is 10.6. The smallest absolute Gasteiger partial charge is 0.475 e. The maximum Gasteiger partial charge on any atom is 0.490 e. The zero-order valence-corrected chi connectivity index (χ0v) is 16.3. The Balaban J connectivity index is 0.000000445. The third-order valence-corrected chi connectivity index (χ3v) is 4.33. The Morgan fingerprint density at radius 2 is 2.11 bits per heavy atom. The van der Waals surface area contributed by atoms with Crippen molar-refractivity contribution < 1.29 is 27.8 Å². The van der Waals surface area contributed by atoms with Gasteiger partial charge in [0.1, 0.15) is 0 Å². The average Bonchev–Trinajstić information content (AvgIpc) is 2.60. The highest BCUT2D eigenvalue weighted by atomic mass is 35.5. The minimum atomic E-state index is -5.08. The Labute approximate surface area is 166 Å². The van der Waals surface area contributed by atoms with Gasteiger partial charge in [0.2, 0.25) is 0 Å². The van der Waals surface area contributed by atoms with Gasteiger partial charge in [0, 0.05) is 35.2 Å². The Morgan fingerprint density at radius 3 is 2.59 bits per heavy atom. The maximum atomic E-state index is 10.6. The number of carboxylic acids is 1. The lowest BCUT2D eigenvalue weighted by molar-refractivity contribution is -0.192. The molecular weight excluding hydrogens is 408 g/mol. The summed E-state index contributed by atoms with van der Waals surface area (Å²) in [5.74, 6) is -2.76. The van der Waals surface area contributed by atoms with E-state index in [4.69, 9.17) is 37.8 Å². The van der Waals surface area contributed by atoms with Crippen LogP contribution >= 0.6 is 23.2 Å². The molecular formula is C17H23Cl2F3N2O3. The van der Waals surface area contributed by atoms with Crippen LogP contribution in [-0.2, 0) is 9.53 Å². The van der Waals surface area contributed by atoms with E-state index in [0.717, 1.165) is 49.7 Å². The fourth-order valence-corrected chi connectivity index (χ4v) is 3.02. The van der Waals surface area contributed by atoms with Gasteiger partial charge < -0.3 is 20.5 Å². The van der Waals surface area contributed by atoms with Crippen molar-refractivity contribution in [2.24, 2.45) is 0 Å². The Morgan fingerprint density at radius 1 is 1.44 bits per heavy atom. The van der Waals surface area contributed by atoms with E-state index in [9.17, 15) is 13.2 Å². The third-order valence-electron chi connectivity index (χ3n) is 3.77. The van der Waals surface area contributed by atoms with Gasteiger partial charge >= 0.3 is 12.1 Å². The number of carbonyl (C=O) groups is 1. The molecule has 1 fully saturated rings. The lowest BCUT2D eigenvalue weighted by Gasteiger charge is -2.27. The van der Waals surface area contributed by atoms with Crippen LogP contribution in [0.1, 0.15) is 31.4 Å². The first-order valence-electron chi connectivity index (χ1n) is 8.44. The highest BCUT2D eigenvalue weighted by molar-refractivity contribution is 6.35. The van der Waals surface area contributed by atoms with E-state index in [1.54, 1.807) is 0 Å². The molecule has 2 rings (SSSR count). The van der Waals surface area contributed by atoms with Crippen LogP contribution in [0.25, 0.3) is 0 Å². The molecule has 1 heterocycles. The topological polar surface area (TPSA) is 70.6 Å². The van der Waals surface area contributed by atoms with Crippen LogP contribution in [0.2, 0.25) is 10.0 Å². The second-order valence-electron chi connectivity index (χ2n) is 5.94. The van der Waals surface area contributed by atoms with Crippen molar-refractivity contribution in [2.45, 2.75) is 38.0 Å². The first kappa shape index (κ1) is 24.0. The quantitative estimate of drug-likeness (QED) is 0.634. The van der Waals surface area contributed by atoms with Gasteiger partial charge in [0.25, 0.3) is 0 Å². The molecule has 2 atom stereocenters. The van der Waals surface area contributed by atoms with Crippen LogP contribution in [-0.4, -0.2) is 49.6 Å². The summed E-state index contributed by atoms with van der Waals surface area (Å²) in [5, 5.41) is 15.6. The van der Waals surface area contributed by atoms with Crippen molar-refractivity contribution in [3.8, 4) is 0 Å². The number of alkyl halides is 3. The number of hydrogen-bond donors (Lipinski definition) is 3. The third kappa shape index (κ3) is 9.12. The molecule has 10 heteroatoms. The van der Waals surface area contributed by atoms with Crippen LogP contribution in [0.5, 0.6) is 0 Å². The molecule has 1 saturated heterocycles. The van der Waals surface area contributed by atoms with Gasteiger partial charge in [0.05, 0.1) is 13.2 Å². The van der Waals surface area contributed by atoms with E-state index in [0.29, 0.717) is 11.1 Å². The average molecular weight is 431 g/mol. The molecule has 154 valence electrons. The predicted molar refractivity (Wildman–Crippen MR) is 98.4 cm³/mol. The Hall–Kier alpha value is -1.06. The second kappa shape index (κ2) is 11.7. The van der Waals surface area contributed by atoms with Crippen molar-refractivity contribution >= 4 is 29.2 Å². The molecule has 3 N–H and O–H groups in total. The fourth-order valence-electron chi connectivity index (χ4n) is 2.48. The summed E-state index contributed by atoms with van der Waals surface area (Å²) < 4.78 is 37.2. The van der Waals surface area contributed by atoms with E-state index in [-0.39, 0.29) is 6.04 Å². The summed E-state index contributed by atoms with van der Waals surface area (Å²) in [6.45, 7) is 5.55. The summed E-state index contributed by atoms with van der Waals surface area (Å²) in [5.41, 5.74) is 1.12. The molecule has 0 aromatic heterocycles. The molecule has 0 spiro atoms. The summed E-state index contributed by atoms with van der Waals surface area (Å²) in [6, 6.07) is 6.35. The molecule has 1 aromatic carbocycles. The summed E-state index contributed by atoms with van der Waals surface area (Å²) in [4.78, 5) is 8.90. The van der Waals surface area contributed by atoms with Gasteiger partial charge in [-0.05, 0) is 24.1 Å². The Kier molecular flexibility index (Phi) is 10.4. The second-order valence-corrected chi connectivity index (χ2v) is 6.79. The van der Waals surface area contributed by atoms with Crippen LogP contribution in [0.15, 0.2) is 18.2 Å². The van der Waals surface area contributed by atoms with Crippen LogP contribution in [0.3, 0.4) is 0 Å². The van der Waals surface area contributed by atoms with Gasteiger partial charge in [-0.3, -0.25) is 0 Å². The number of ether oxygens (including phenoxy) is 1. The number of rotatable bonds is 6. The van der Waals surface area contributed by atoms with Crippen LogP contribution in [0.4, 0.5) is 13.2 Å². The minimum Gasteiger partial charge on any atom is -0.475 e. The van der Waals surface area contributed by atoms with Gasteiger partial charge in [-0.1, -0.05) is 42.6 Å². The molecule has 5 nitrogen and oxygen atoms in total. The molecule has 27 heavy (non-hydrogen) atoms. The van der Waals surface area contributed by atoms with E-state index in [2.05, 4.69) is 17.6 Å². The van der Waals surface area contributed by atoms with Crippen molar-refractivity contribution in [1.29, 1.82) is 0 Å². The van der Waals surface area contributed by atoms with E-state index in [1.165, 1.54) is 0 Å². The van der Waals surface area contributed by atoms with Gasteiger partial charge in [0.15, 0.2) is 0 Å². The molecule has 2 unspecified atom stereocenters. The summed E-state index contributed by atoms with van der Waals surface area (Å²) in [7, 11) is 0. The number of aliphatic carboxylic acids is 1. The summed E-state index contributed by atoms with van der Waals surface area (Å²) >= 11 is 12.3. The SMILES string of the molecule is CCCC(NCC1COCCN1)c1ccc(Cl)cc1Cl.O=C(O)C(F)(F)F. The van der Waals surface area contributed by atoms with Crippen LogP contribution < -0.4 is 10.6 Å². The highest BCUT2D eigenvalue weighted by Crippen LogP contribution is 2.28. The number of morpholine rings is 1. The predicted octanol–water partition coefficient (Wildman–Crippen LogP) is 4.05. The Bertz CT molecular complexity index is 597. The van der Waals surface area contributed by atoms with Gasteiger partial charge in [-0.15, -0.1) is 0 Å². The van der Waals surface area contributed by atoms with E-state index in [1.807, 2.05) is 18.2 Å². The number of benzene rings is 1. The molecule has 0 aliphatic carbocycles. The molecule has 1 aromatic rings. The molecule has 0 saturated carbocycles. The lowest BCUT2D eigenvalue weighted by atomic mass is 10.0. The molecule has 1 aliphatic heterocycles. The molecule has 0 radical (unpaired) electrons. The lowest BCUT2D eigenvalue weighted by Crippen LogP contribution is -2.47. The van der Waals surface area contributed by atoms with E-state index >= 15 is 0 Å². The van der Waals surface area contributed by atoms with Crippen molar-refractivity contribution in [3.63, 3.8) is 0 Å². The summed E-state index contributed by atoms with van der Waals surface area (Å²) in [6.07, 6.45) is -2.93. The van der Waals surface area contributed by atoms with Crippen molar-refractivity contribution in [2.75, 3.05) is 26.3 Å². The largest absolute Gasteiger partial charge is 0.490 e. The monoisotopic (exact) mass is 430 g/mol. The standard InChI is InChI=1S/C15H22Cl2N2O.C2HF3O2/c1-2-3-15(13-5-4-11(16)8-14(13)17)19-9-12-10-20-7-6-18-12;3-2(4,5)1(6)7/h4-5,8,12,15,18-19H,2-3,6-7,9-10H2,1H3;(H,6,7). The zero-order chi connectivity index (χ0) is 20.4. The fraction of sp³-hybridized carbons (Fsp3) is 0.588. The van der Waals surface area contributed by atoms with Crippen molar-refractivity contribution in [3.05, 3.63) is 33.8 Å². The number of nitrogens with one attached hydrogen (secondary N) is 2.